The Morgan fingerprint density at radius 1 is 1.07 bits per heavy atom. The van der Waals surface area contributed by atoms with E-state index in [0.29, 0.717) is 49.8 Å². The molecular weight excluding hydrogens is 782 g/mol. The number of halogens is 3. The number of sulfonamides is 1. The molecular formula is C40H53F3N6O8S. The van der Waals surface area contributed by atoms with Crippen molar-refractivity contribution in [3.63, 3.8) is 0 Å². The van der Waals surface area contributed by atoms with Crippen LogP contribution in [-0.2, 0) is 24.4 Å². The highest BCUT2D eigenvalue weighted by molar-refractivity contribution is 7.91. The van der Waals surface area contributed by atoms with Gasteiger partial charge < -0.3 is 30.3 Å². The van der Waals surface area contributed by atoms with E-state index in [9.17, 15) is 40.8 Å². The molecule has 5 amide bonds. The summed E-state index contributed by atoms with van der Waals surface area (Å²) in [6.07, 6.45) is 2.78. The molecule has 18 heteroatoms. The highest BCUT2D eigenvalue weighted by Crippen LogP contribution is 2.46. The summed E-state index contributed by atoms with van der Waals surface area (Å²) in [5, 5.41) is 7.89. The Balaban J connectivity index is 1.35. The maximum Gasteiger partial charge on any atom is 0.411 e. The second kappa shape index (κ2) is 16.6. The minimum Gasteiger partial charge on any atom is -0.491 e. The summed E-state index contributed by atoms with van der Waals surface area (Å²) >= 11 is 0. The lowest BCUT2D eigenvalue weighted by molar-refractivity contribution is -0.182. The van der Waals surface area contributed by atoms with Crippen molar-refractivity contribution >= 4 is 44.5 Å². The fraction of sp³-hybridized carbons (Fsp3) is 0.625. The van der Waals surface area contributed by atoms with Crippen LogP contribution in [0.5, 0.6) is 11.6 Å². The number of pyridine rings is 1. The Labute approximate surface area is 336 Å². The van der Waals surface area contributed by atoms with Gasteiger partial charge in [0.2, 0.25) is 27.7 Å². The SMILES string of the molecule is CCCOc1cnc(O[C@@H]2C[C@H]3C(=O)N[C@]4(C(=O)NS(=O)(=O)C5CC5)C[C@H]4/C=C\CC[C@H](C)C[C@@H](C)[C@H](NC(=O)NC(C)(C)C(F)(F)F)C(=O)N3C2)c2ccccc12. The van der Waals surface area contributed by atoms with Gasteiger partial charge in [-0.05, 0) is 76.7 Å². The van der Waals surface area contributed by atoms with Crippen LogP contribution in [0.3, 0.4) is 0 Å². The molecule has 4 N–H and O–H groups in total. The van der Waals surface area contributed by atoms with Crippen LogP contribution < -0.4 is 30.1 Å². The van der Waals surface area contributed by atoms with E-state index in [-0.39, 0.29) is 31.2 Å². The molecule has 0 unspecified atom stereocenters. The molecule has 318 valence electrons. The maximum atomic E-state index is 14.8. The highest BCUT2D eigenvalue weighted by Gasteiger charge is 2.62. The number of nitrogens with one attached hydrogen (secondary N) is 4. The molecule has 2 aromatic rings. The second-order valence-electron chi connectivity index (χ2n) is 16.8. The Hall–Kier alpha value is -4.61. The third kappa shape index (κ3) is 9.31. The monoisotopic (exact) mass is 834 g/mol. The summed E-state index contributed by atoms with van der Waals surface area (Å²) in [4.78, 5) is 62.0. The van der Waals surface area contributed by atoms with Gasteiger partial charge in [-0.15, -0.1) is 0 Å². The van der Waals surface area contributed by atoms with Crippen molar-refractivity contribution < 1.29 is 50.2 Å². The third-order valence-corrected chi connectivity index (χ3v) is 13.3. The molecule has 3 fully saturated rings. The van der Waals surface area contributed by atoms with Crippen LogP contribution >= 0.6 is 0 Å². The maximum absolute atomic E-state index is 14.8. The number of rotatable bonds is 10. The van der Waals surface area contributed by atoms with Crippen LogP contribution in [0, 0.1) is 17.8 Å². The smallest absolute Gasteiger partial charge is 0.411 e. The van der Waals surface area contributed by atoms with Gasteiger partial charge in [0.25, 0.3) is 5.91 Å². The van der Waals surface area contributed by atoms with Crippen molar-refractivity contribution in [2.24, 2.45) is 17.8 Å². The number of carbonyl (C=O) groups is 4. The summed E-state index contributed by atoms with van der Waals surface area (Å²) in [6.45, 7) is 7.54. The van der Waals surface area contributed by atoms with E-state index in [1.54, 1.807) is 25.1 Å². The van der Waals surface area contributed by atoms with Gasteiger partial charge in [0.05, 0.1) is 24.6 Å². The molecule has 3 heterocycles. The molecule has 0 spiro atoms. The lowest BCUT2D eigenvalue weighted by Gasteiger charge is -2.34. The first kappa shape index (κ1) is 43.0. The minimum absolute atomic E-state index is 0.0126. The van der Waals surface area contributed by atoms with Crippen molar-refractivity contribution in [2.45, 2.75) is 127 Å². The predicted octanol–water partition coefficient (Wildman–Crippen LogP) is 4.88. The van der Waals surface area contributed by atoms with Crippen molar-refractivity contribution in [2.75, 3.05) is 13.2 Å². The van der Waals surface area contributed by atoms with Gasteiger partial charge in [-0.1, -0.05) is 51.1 Å². The predicted molar refractivity (Wildman–Crippen MR) is 208 cm³/mol. The first-order valence-electron chi connectivity index (χ1n) is 19.9. The molecule has 14 nitrogen and oxygen atoms in total. The van der Waals surface area contributed by atoms with Crippen molar-refractivity contribution in [3.8, 4) is 11.6 Å². The molecule has 1 saturated heterocycles. The van der Waals surface area contributed by atoms with Crippen molar-refractivity contribution in [3.05, 3.63) is 42.6 Å². The Morgan fingerprint density at radius 2 is 1.78 bits per heavy atom. The molecule has 1 aromatic carbocycles. The van der Waals surface area contributed by atoms with E-state index in [0.717, 1.165) is 25.7 Å². The van der Waals surface area contributed by atoms with E-state index in [4.69, 9.17) is 9.47 Å². The standard InChI is InChI=1S/C40H53F3N6O8S/c1-6-17-56-31-21-44-34(29-14-10-9-13-28(29)31)57-26-19-30-33(50)46-39(36(52)48-58(54,55)27-15-16-27)20-25(39)12-8-7-11-23(2)18-24(3)32(35(51)49(30)22-26)45-37(53)47-38(4,5)40(41,42)43/h8-10,12-14,21,23-27,30,32H,6-7,11,15-20,22H2,1-5H3,(H,46,50)(H,48,52)(H2,45,47,53)/b12-8-/t23-,24+,25+,26+,30-,32-,39+/m0/s1. The fourth-order valence-electron chi connectivity index (χ4n) is 7.75. The number of urea groups is 1. The van der Waals surface area contributed by atoms with Crippen molar-refractivity contribution in [1.82, 2.24) is 30.6 Å². The molecule has 58 heavy (non-hydrogen) atoms. The van der Waals surface area contributed by atoms with Crippen LogP contribution in [0.2, 0.25) is 0 Å². The largest absolute Gasteiger partial charge is 0.491 e. The zero-order valence-electron chi connectivity index (χ0n) is 33.4. The summed E-state index contributed by atoms with van der Waals surface area (Å²) in [5.41, 5.74) is -4.25. The molecule has 2 saturated carbocycles. The number of nitrogens with zero attached hydrogens (tertiary/aromatic N) is 2. The quantitative estimate of drug-likeness (QED) is 0.243. The van der Waals surface area contributed by atoms with Gasteiger partial charge in [-0.3, -0.25) is 19.1 Å². The van der Waals surface area contributed by atoms with Gasteiger partial charge in [-0.2, -0.15) is 13.2 Å². The molecule has 0 radical (unpaired) electrons. The lowest BCUT2D eigenvalue weighted by Crippen LogP contribution is -2.62. The average molecular weight is 835 g/mol. The van der Waals surface area contributed by atoms with Crippen LogP contribution in [0.4, 0.5) is 18.0 Å². The molecule has 0 bridgehead atoms. The van der Waals surface area contributed by atoms with Gasteiger partial charge in [0.1, 0.15) is 35.0 Å². The molecule has 2 aliphatic heterocycles. The van der Waals surface area contributed by atoms with Gasteiger partial charge >= 0.3 is 12.2 Å². The zero-order chi connectivity index (χ0) is 42.2. The van der Waals surface area contributed by atoms with Gasteiger partial charge in [0.15, 0.2) is 0 Å². The highest BCUT2D eigenvalue weighted by atomic mass is 32.2. The zero-order valence-corrected chi connectivity index (χ0v) is 34.2. The number of amides is 5. The molecule has 4 aliphatic rings. The number of ether oxygens (including phenoxy) is 2. The van der Waals surface area contributed by atoms with Gasteiger partial charge in [0, 0.05) is 23.1 Å². The Kier molecular flexibility index (Phi) is 12.3. The van der Waals surface area contributed by atoms with Crippen LogP contribution in [0.1, 0.15) is 86.0 Å². The summed E-state index contributed by atoms with van der Waals surface area (Å²) in [7, 11) is -3.97. The normalized spacial score (nSPS) is 28.9. The second-order valence-corrected chi connectivity index (χ2v) is 18.7. The Bertz CT molecular complexity index is 2040. The number of aromatic nitrogens is 1. The number of hydrogen-bond acceptors (Lipinski definition) is 9. The average Bonchev–Trinajstić information content (AvgIpc) is 4.08. The van der Waals surface area contributed by atoms with E-state index < -0.39 is 86.3 Å². The number of allylic oxidation sites excluding steroid dienone is 1. The molecule has 6 rings (SSSR count). The van der Waals surface area contributed by atoms with Crippen LogP contribution in [-0.4, -0.2) is 95.9 Å². The van der Waals surface area contributed by atoms with Crippen LogP contribution in [0.15, 0.2) is 42.6 Å². The first-order chi connectivity index (χ1) is 27.3. The topological polar surface area (TPSA) is 185 Å². The molecule has 1 aromatic heterocycles. The molecule has 7 atom stereocenters. The number of benzene rings is 1. The third-order valence-electron chi connectivity index (χ3n) is 11.5. The van der Waals surface area contributed by atoms with Gasteiger partial charge in [-0.25, -0.2) is 18.2 Å². The van der Waals surface area contributed by atoms with E-state index in [1.165, 1.54) is 11.1 Å². The van der Waals surface area contributed by atoms with E-state index in [2.05, 4.69) is 20.3 Å². The van der Waals surface area contributed by atoms with E-state index >= 15 is 0 Å². The molecule has 2 aliphatic carbocycles. The lowest BCUT2D eigenvalue weighted by atomic mass is 9.88. The number of alkyl halides is 3. The summed E-state index contributed by atoms with van der Waals surface area (Å²) in [6, 6.07) is 3.40. The number of hydrogen-bond donors (Lipinski definition) is 4. The Morgan fingerprint density at radius 3 is 2.45 bits per heavy atom. The van der Waals surface area contributed by atoms with Crippen molar-refractivity contribution in [1.29, 1.82) is 0 Å². The minimum atomic E-state index is -4.80. The summed E-state index contributed by atoms with van der Waals surface area (Å²) in [5.74, 6) is -2.75. The number of carbonyl (C=O) groups excluding carboxylic acids is 4. The fourth-order valence-corrected chi connectivity index (χ4v) is 9.11. The summed E-state index contributed by atoms with van der Waals surface area (Å²) < 4.78 is 81.7. The van der Waals surface area contributed by atoms with Crippen LogP contribution in [0.25, 0.3) is 10.8 Å². The number of fused-ring (bicyclic) bond motifs is 3. The first-order valence-corrected chi connectivity index (χ1v) is 21.5. The van der Waals surface area contributed by atoms with E-state index in [1.807, 2.05) is 37.4 Å².